The van der Waals surface area contributed by atoms with E-state index < -0.39 is 0 Å². The van der Waals surface area contributed by atoms with Crippen LogP contribution in [-0.2, 0) is 9.53 Å². The lowest BCUT2D eigenvalue weighted by atomic mass is 9.49. The summed E-state index contributed by atoms with van der Waals surface area (Å²) < 4.78 is 5.65. The normalized spacial score (nSPS) is 39.0. The Morgan fingerprint density at radius 3 is 2.50 bits per heavy atom. The second-order valence-corrected chi connectivity index (χ2v) is 9.26. The summed E-state index contributed by atoms with van der Waals surface area (Å²) >= 11 is 6.89. The number of aliphatic imine (C=N–C) groups is 1. The third-order valence-electron chi connectivity index (χ3n) is 6.41. The summed E-state index contributed by atoms with van der Waals surface area (Å²) in [5.41, 5.74) is 1.59. The minimum atomic E-state index is -0.385. The molecule has 26 heavy (non-hydrogen) atoms. The molecule has 132 valence electrons. The molecule has 2 unspecified atom stereocenters. The molecule has 1 aliphatic heterocycles. The molecule has 4 bridgehead atoms. The highest BCUT2D eigenvalue weighted by molar-refractivity contribution is 6.24. The standard InChI is InChI=1S/C21H19ClN2O2/c22-21-9-15-5-16(10-21)8-20(7-15,12-21)19-24-17(18(25)26-19)6-13-1-3-14(11-23)4-2-13/h1-4,6,15-16H,5,7-10,12H2/b17-6-. The van der Waals surface area contributed by atoms with Crippen molar-refractivity contribution in [3.8, 4) is 6.07 Å². The van der Waals surface area contributed by atoms with E-state index in [0.717, 1.165) is 37.7 Å². The number of carbonyl (C=O) groups is 1. The van der Waals surface area contributed by atoms with Gasteiger partial charge in [-0.15, -0.1) is 11.6 Å². The molecule has 0 spiro atoms. The van der Waals surface area contributed by atoms with Crippen LogP contribution in [0.2, 0.25) is 0 Å². The molecule has 4 saturated carbocycles. The Kier molecular flexibility index (Phi) is 3.36. The van der Waals surface area contributed by atoms with Gasteiger partial charge < -0.3 is 4.74 Å². The first-order valence-corrected chi connectivity index (χ1v) is 9.57. The summed E-state index contributed by atoms with van der Waals surface area (Å²) in [6, 6.07) is 9.17. The van der Waals surface area contributed by atoms with Gasteiger partial charge in [0, 0.05) is 10.3 Å². The number of esters is 1. The Hall–Kier alpha value is -2.12. The van der Waals surface area contributed by atoms with E-state index in [4.69, 9.17) is 21.6 Å². The molecule has 4 nitrogen and oxygen atoms in total. The van der Waals surface area contributed by atoms with E-state index in [0.29, 0.717) is 29.0 Å². The number of cyclic esters (lactones) is 1. The molecule has 6 rings (SSSR count). The van der Waals surface area contributed by atoms with Crippen LogP contribution in [0.5, 0.6) is 0 Å². The zero-order valence-electron chi connectivity index (χ0n) is 14.4. The number of ether oxygens (including phenoxy) is 1. The average molecular weight is 367 g/mol. The van der Waals surface area contributed by atoms with E-state index in [1.165, 1.54) is 6.42 Å². The molecule has 4 fully saturated rings. The minimum absolute atomic E-state index is 0.140. The van der Waals surface area contributed by atoms with Gasteiger partial charge in [0.25, 0.3) is 0 Å². The maximum Gasteiger partial charge on any atom is 0.363 e. The van der Waals surface area contributed by atoms with Gasteiger partial charge in [-0.05, 0) is 74.1 Å². The molecular weight excluding hydrogens is 348 g/mol. The molecular formula is C21H19ClN2O2. The highest BCUT2D eigenvalue weighted by atomic mass is 35.5. The van der Waals surface area contributed by atoms with Crippen molar-refractivity contribution < 1.29 is 9.53 Å². The Morgan fingerprint density at radius 1 is 1.19 bits per heavy atom. The SMILES string of the molecule is N#Cc1ccc(/C=C2\N=C(C34CC5CC(CC(Cl)(C5)C3)C4)OC2=O)cc1. The molecule has 0 N–H and O–H groups in total. The maximum absolute atomic E-state index is 12.4. The van der Waals surface area contributed by atoms with Crippen LogP contribution >= 0.6 is 11.6 Å². The third kappa shape index (κ3) is 2.49. The average Bonchev–Trinajstić information content (AvgIpc) is 2.95. The Balaban J connectivity index is 1.47. The molecule has 1 aromatic rings. The van der Waals surface area contributed by atoms with Crippen LogP contribution in [-0.4, -0.2) is 16.7 Å². The molecule has 0 radical (unpaired) electrons. The topological polar surface area (TPSA) is 62.4 Å². The van der Waals surface area contributed by atoms with Crippen molar-refractivity contribution in [1.29, 1.82) is 5.26 Å². The number of alkyl halides is 1. The highest BCUT2D eigenvalue weighted by Crippen LogP contribution is 2.64. The molecule has 5 aliphatic rings. The smallest absolute Gasteiger partial charge is 0.363 e. The maximum atomic E-state index is 12.4. The van der Waals surface area contributed by atoms with E-state index in [1.54, 1.807) is 18.2 Å². The van der Waals surface area contributed by atoms with Gasteiger partial charge in [-0.1, -0.05) is 12.1 Å². The van der Waals surface area contributed by atoms with Gasteiger partial charge in [-0.2, -0.15) is 5.26 Å². The van der Waals surface area contributed by atoms with E-state index in [-0.39, 0.29) is 16.3 Å². The molecule has 4 aliphatic carbocycles. The molecule has 0 aromatic heterocycles. The van der Waals surface area contributed by atoms with Crippen molar-refractivity contribution in [3.05, 3.63) is 41.1 Å². The van der Waals surface area contributed by atoms with Crippen molar-refractivity contribution in [1.82, 2.24) is 0 Å². The van der Waals surface area contributed by atoms with Crippen LogP contribution in [0.15, 0.2) is 35.0 Å². The monoisotopic (exact) mass is 366 g/mol. The zero-order chi connectivity index (χ0) is 17.9. The summed E-state index contributed by atoms with van der Waals surface area (Å²) in [5.74, 6) is 1.45. The summed E-state index contributed by atoms with van der Waals surface area (Å²) in [7, 11) is 0. The largest absolute Gasteiger partial charge is 0.406 e. The molecule has 5 heteroatoms. The first kappa shape index (κ1) is 16.1. The molecule has 2 atom stereocenters. The minimum Gasteiger partial charge on any atom is -0.406 e. The van der Waals surface area contributed by atoms with Gasteiger partial charge in [0.1, 0.15) is 0 Å². The first-order valence-electron chi connectivity index (χ1n) is 9.19. The molecule has 1 aromatic carbocycles. The van der Waals surface area contributed by atoms with Gasteiger partial charge in [-0.3, -0.25) is 0 Å². The van der Waals surface area contributed by atoms with E-state index in [1.807, 2.05) is 12.1 Å². The second kappa shape index (κ2) is 5.44. The number of carbonyl (C=O) groups excluding carboxylic acids is 1. The Bertz CT molecular complexity index is 880. The summed E-state index contributed by atoms with van der Waals surface area (Å²) in [6.45, 7) is 0. The lowest BCUT2D eigenvalue weighted by molar-refractivity contribution is -0.131. The van der Waals surface area contributed by atoms with Gasteiger partial charge in [0.2, 0.25) is 5.90 Å². The second-order valence-electron chi connectivity index (χ2n) is 8.46. The fourth-order valence-corrected chi connectivity index (χ4v) is 6.54. The van der Waals surface area contributed by atoms with Crippen LogP contribution < -0.4 is 0 Å². The zero-order valence-corrected chi connectivity index (χ0v) is 15.1. The highest BCUT2D eigenvalue weighted by Gasteiger charge is 2.60. The van der Waals surface area contributed by atoms with Crippen LogP contribution in [0, 0.1) is 28.6 Å². The number of nitriles is 1. The molecule has 1 heterocycles. The first-order chi connectivity index (χ1) is 12.5. The summed E-state index contributed by atoms with van der Waals surface area (Å²) in [4.78, 5) is 16.9. The van der Waals surface area contributed by atoms with Gasteiger partial charge in [-0.25, -0.2) is 9.79 Å². The lowest BCUT2D eigenvalue weighted by Gasteiger charge is -2.59. The Morgan fingerprint density at radius 2 is 1.88 bits per heavy atom. The van der Waals surface area contributed by atoms with Crippen molar-refractivity contribution in [2.24, 2.45) is 22.2 Å². The summed E-state index contributed by atoms with van der Waals surface area (Å²) in [6.07, 6.45) is 8.09. The van der Waals surface area contributed by atoms with Crippen LogP contribution in [0.25, 0.3) is 6.08 Å². The van der Waals surface area contributed by atoms with Gasteiger partial charge >= 0.3 is 5.97 Å². The van der Waals surface area contributed by atoms with E-state index >= 15 is 0 Å². The van der Waals surface area contributed by atoms with Gasteiger partial charge in [0.05, 0.1) is 11.6 Å². The lowest BCUT2D eigenvalue weighted by Crippen LogP contribution is -2.56. The van der Waals surface area contributed by atoms with E-state index in [9.17, 15) is 4.79 Å². The van der Waals surface area contributed by atoms with Crippen LogP contribution in [0.1, 0.15) is 49.7 Å². The predicted molar refractivity (Wildman–Crippen MR) is 98.4 cm³/mol. The number of hydrogen-bond acceptors (Lipinski definition) is 4. The quantitative estimate of drug-likeness (QED) is 0.442. The molecule has 0 saturated heterocycles. The number of hydrogen-bond donors (Lipinski definition) is 0. The van der Waals surface area contributed by atoms with Crippen molar-refractivity contribution in [2.75, 3.05) is 0 Å². The van der Waals surface area contributed by atoms with Crippen molar-refractivity contribution >= 4 is 29.5 Å². The number of benzene rings is 1. The fraction of sp³-hybridized carbons (Fsp3) is 0.476. The number of nitrogens with zero attached hydrogens (tertiary/aromatic N) is 2. The van der Waals surface area contributed by atoms with E-state index in [2.05, 4.69) is 11.1 Å². The predicted octanol–water partition coefficient (Wildman–Crippen LogP) is 4.43. The van der Waals surface area contributed by atoms with Crippen molar-refractivity contribution in [3.63, 3.8) is 0 Å². The number of halogens is 1. The van der Waals surface area contributed by atoms with Crippen LogP contribution in [0.3, 0.4) is 0 Å². The fourth-order valence-electron chi connectivity index (χ4n) is 5.85. The summed E-state index contributed by atoms with van der Waals surface area (Å²) in [5, 5.41) is 8.89. The third-order valence-corrected chi connectivity index (χ3v) is 6.85. The number of rotatable bonds is 2. The Labute approximate surface area is 157 Å². The van der Waals surface area contributed by atoms with Crippen LogP contribution in [0.4, 0.5) is 0 Å². The molecule has 0 amide bonds. The van der Waals surface area contributed by atoms with Crippen molar-refractivity contribution in [2.45, 2.75) is 43.4 Å². The van der Waals surface area contributed by atoms with Gasteiger partial charge in [0.15, 0.2) is 5.70 Å².